The standard InChI is InChI=1S/C37H46N8O/c38-35-33-34(25-6-8-32(9-7-25)46-31-4-2-1-3-5-31)42-45(36(33)41-24-40-35)28-10-16-43(17-11-28)29-18-26-22-44(23-27(26)19-29)30-20-37(21-30)12-14-39-15-13-37/h1-9,24,26-30,39H,10-23H2,(H2,38,40,41). The minimum absolute atomic E-state index is 0.305. The fourth-order valence-electron chi connectivity index (χ4n) is 9.72. The average Bonchev–Trinajstić information content (AvgIpc) is 3.78. The van der Waals surface area contributed by atoms with E-state index in [2.05, 4.69) is 24.8 Å². The fourth-order valence-corrected chi connectivity index (χ4v) is 9.72. The predicted molar refractivity (Wildman–Crippen MR) is 181 cm³/mol. The van der Waals surface area contributed by atoms with Crippen molar-refractivity contribution in [2.24, 2.45) is 17.3 Å². The van der Waals surface area contributed by atoms with E-state index in [0.29, 0.717) is 17.3 Å². The monoisotopic (exact) mass is 618 g/mol. The summed E-state index contributed by atoms with van der Waals surface area (Å²) in [6, 6.07) is 19.8. The maximum Gasteiger partial charge on any atom is 0.164 e. The number of piperidine rings is 2. The number of rotatable bonds is 6. The van der Waals surface area contributed by atoms with Gasteiger partial charge in [-0.1, -0.05) is 18.2 Å². The van der Waals surface area contributed by atoms with Gasteiger partial charge in [-0.15, -0.1) is 0 Å². The molecule has 2 aliphatic carbocycles. The molecule has 2 aromatic heterocycles. The summed E-state index contributed by atoms with van der Waals surface area (Å²) in [6.07, 6.45) is 12.2. The average molecular weight is 619 g/mol. The van der Waals surface area contributed by atoms with Gasteiger partial charge in [0.2, 0.25) is 0 Å². The molecule has 0 amide bonds. The summed E-state index contributed by atoms with van der Waals surface area (Å²) in [6.45, 7) is 7.41. The van der Waals surface area contributed by atoms with Crippen LogP contribution in [0.25, 0.3) is 22.3 Å². The van der Waals surface area contributed by atoms with Crippen molar-refractivity contribution < 1.29 is 4.74 Å². The summed E-state index contributed by atoms with van der Waals surface area (Å²) >= 11 is 0. The molecule has 9 heteroatoms. The molecular weight excluding hydrogens is 572 g/mol. The van der Waals surface area contributed by atoms with E-state index >= 15 is 0 Å². The third kappa shape index (κ3) is 5.17. The summed E-state index contributed by atoms with van der Waals surface area (Å²) in [4.78, 5) is 14.7. The molecule has 46 heavy (non-hydrogen) atoms. The molecule has 2 atom stereocenters. The summed E-state index contributed by atoms with van der Waals surface area (Å²) in [7, 11) is 0. The molecule has 2 saturated carbocycles. The van der Waals surface area contributed by atoms with Crippen LogP contribution in [0.2, 0.25) is 0 Å². The lowest BCUT2D eigenvalue weighted by molar-refractivity contribution is -0.0151. The molecule has 9 rings (SSSR count). The van der Waals surface area contributed by atoms with Crippen LogP contribution in [0.5, 0.6) is 11.5 Å². The van der Waals surface area contributed by atoms with Crippen LogP contribution >= 0.6 is 0 Å². The molecule has 240 valence electrons. The van der Waals surface area contributed by atoms with Crippen molar-refractivity contribution in [3.8, 4) is 22.8 Å². The summed E-state index contributed by atoms with van der Waals surface area (Å²) in [5.41, 5.74) is 9.80. The number of para-hydroxylation sites is 1. The van der Waals surface area contributed by atoms with Crippen LogP contribution in [-0.4, -0.2) is 80.9 Å². The lowest BCUT2D eigenvalue weighted by Crippen LogP contribution is -2.54. The van der Waals surface area contributed by atoms with Crippen molar-refractivity contribution in [2.45, 2.75) is 69.5 Å². The van der Waals surface area contributed by atoms with Crippen LogP contribution in [0.1, 0.15) is 57.4 Å². The number of hydrogen-bond acceptors (Lipinski definition) is 8. The summed E-state index contributed by atoms with van der Waals surface area (Å²) in [5, 5.41) is 9.56. The molecule has 2 unspecified atom stereocenters. The van der Waals surface area contributed by atoms with Crippen LogP contribution in [0.15, 0.2) is 60.9 Å². The van der Waals surface area contributed by atoms with E-state index in [1.165, 1.54) is 64.7 Å². The third-order valence-electron chi connectivity index (χ3n) is 12.3. The van der Waals surface area contributed by atoms with E-state index < -0.39 is 0 Å². The summed E-state index contributed by atoms with van der Waals surface area (Å²) in [5.74, 6) is 3.87. The van der Waals surface area contributed by atoms with Crippen LogP contribution in [0.3, 0.4) is 0 Å². The van der Waals surface area contributed by atoms with Gasteiger partial charge < -0.3 is 20.7 Å². The zero-order valence-electron chi connectivity index (χ0n) is 26.7. The van der Waals surface area contributed by atoms with Gasteiger partial charge in [-0.2, -0.15) is 5.10 Å². The Bertz CT molecular complexity index is 1650. The Hall–Kier alpha value is -3.53. The molecule has 5 fully saturated rings. The van der Waals surface area contributed by atoms with Crippen molar-refractivity contribution in [3.05, 3.63) is 60.9 Å². The fraction of sp³-hybridized carbons (Fsp3) is 0.541. The maximum absolute atomic E-state index is 6.45. The zero-order chi connectivity index (χ0) is 30.7. The number of nitrogen functional groups attached to an aromatic ring is 1. The highest BCUT2D eigenvalue weighted by Gasteiger charge is 2.51. The number of likely N-dealkylation sites (tertiary alicyclic amines) is 2. The zero-order valence-corrected chi connectivity index (χ0v) is 26.7. The molecule has 3 aliphatic heterocycles. The summed E-state index contributed by atoms with van der Waals surface area (Å²) < 4.78 is 8.16. The Labute approximate surface area is 271 Å². The number of aromatic nitrogens is 4. The van der Waals surface area contributed by atoms with Gasteiger partial charge in [-0.25, -0.2) is 14.6 Å². The van der Waals surface area contributed by atoms with E-state index in [0.717, 1.165) is 83.6 Å². The first-order chi connectivity index (χ1) is 22.6. The van der Waals surface area contributed by atoms with Gasteiger partial charge in [-0.05, 0) is 118 Å². The topological polar surface area (TPSA) is 97.4 Å². The molecule has 0 bridgehead atoms. The maximum atomic E-state index is 6.45. The lowest BCUT2D eigenvalue weighted by Gasteiger charge is -2.53. The SMILES string of the molecule is Nc1ncnc2c1c(-c1ccc(Oc3ccccc3)cc1)nn2C1CCN(C2CC3CN(C4CC5(CCNCC5)C4)CC3C2)CC1. The van der Waals surface area contributed by atoms with Gasteiger partial charge in [-0.3, -0.25) is 4.90 Å². The van der Waals surface area contributed by atoms with Crippen LogP contribution in [0, 0.1) is 17.3 Å². The molecule has 3 saturated heterocycles. The van der Waals surface area contributed by atoms with Crippen molar-refractivity contribution in [1.29, 1.82) is 0 Å². The second-order valence-corrected chi connectivity index (χ2v) is 14.9. The van der Waals surface area contributed by atoms with E-state index in [1.54, 1.807) is 6.33 Å². The Morgan fingerprint density at radius 2 is 1.48 bits per heavy atom. The van der Waals surface area contributed by atoms with Crippen molar-refractivity contribution >= 4 is 16.9 Å². The van der Waals surface area contributed by atoms with Gasteiger partial charge in [0, 0.05) is 43.8 Å². The number of ether oxygens (including phenoxy) is 1. The van der Waals surface area contributed by atoms with Crippen molar-refractivity contribution in [3.63, 3.8) is 0 Å². The van der Waals surface area contributed by atoms with Gasteiger partial charge in [0.15, 0.2) is 5.65 Å². The second kappa shape index (κ2) is 11.6. The van der Waals surface area contributed by atoms with E-state index in [9.17, 15) is 0 Å². The third-order valence-corrected chi connectivity index (χ3v) is 12.3. The molecule has 9 nitrogen and oxygen atoms in total. The first kappa shape index (κ1) is 28.7. The van der Waals surface area contributed by atoms with Crippen molar-refractivity contribution in [2.75, 3.05) is 45.0 Å². The first-order valence-electron chi connectivity index (χ1n) is 17.6. The molecule has 3 N–H and O–H groups in total. The Kier molecular flexibility index (Phi) is 7.24. The Morgan fingerprint density at radius 3 is 2.20 bits per heavy atom. The highest BCUT2D eigenvalue weighted by Crippen LogP contribution is 2.52. The number of benzene rings is 2. The number of anilines is 1. The Morgan fingerprint density at radius 1 is 0.783 bits per heavy atom. The van der Waals surface area contributed by atoms with Crippen LogP contribution in [-0.2, 0) is 0 Å². The van der Waals surface area contributed by atoms with E-state index in [1.807, 2.05) is 54.6 Å². The highest BCUT2D eigenvalue weighted by molar-refractivity contribution is 5.98. The number of hydrogen-bond donors (Lipinski definition) is 2. The molecular formula is C37H46N8O. The van der Waals surface area contributed by atoms with Crippen LogP contribution < -0.4 is 15.8 Å². The molecule has 1 spiro atoms. The highest BCUT2D eigenvalue weighted by atomic mass is 16.5. The molecule has 5 heterocycles. The molecule has 4 aromatic rings. The molecule has 2 aromatic carbocycles. The normalized spacial score (nSPS) is 27.3. The number of fused-ring (bicyclic) bond motifs is 2. The molecule has 0 radical (unpaired) electrons. The quantitative estimate of drug-likeness (QED) is 0.282. The number of nitrogens with one attached hydrogen (secondary N) is 1. The Balaban J connectivity index is 0.841. The predicted octanol–water partition coefficient (Wildman–Crippen LogP) is 5.75. The van der Waals surface area contributed by atoms with Gasteiger partial charge in [0.1, 0.15) is 29.3 Å². The number of nitrogens with zero attached hydrogens (tertiary/aromatic N) is 6. The van der Waals surface area contributed by atoms with Crippen LogP contribution in [0.4, 0.5) is 5.82 Å². The first-order valence-corrected chi connectivity index (χ1v) is 17.6. The van der Waals surface area contributed by atoms with Gasteiger partial charge >= 0.3 is 0 Å². The minimum atomic E-state index is 0.305. The smallest absolute Gasteiger partial charge is 0.164 e. The van der Waals surface area contributed by atoms with Gasteiger partial charge in [0.05, 0.1) is 11.4 Å². The van der Waals surface area contributed by atoms with Gasteiger partial charge in [0.25, 0.3) is 0 Å². The largest absolute Gasteiger partial charge is 0.457 e. The second-order valence-electron chi connectivity index (χ2n) is 14.9. The van der Waals surface area contributed by atoms with E-state index in [-0.39, 0.29) is 0 Å². The molecule has 5 aliphatic rings. The van der Waals surface area contributed by atoms with Crippen molar-refractivity contribution in [1.82, 2.24) is 34.9 Å². The lowest BCUT2D eigenvalue weighted by atomic mass is 9.60. The minimum Gasteiger partial charge on any atom is -0.457 e. The number of nitrogens with two attached hydrogens (primary N) is 1. The van der Waals surface area contributed by atoms with E-state index in [4.69, 9.17) is 20.6 Å².